The van der Waals surface area contributed by atoms with E-state index in [-0.39, 0.29) is 12.6 Å². The molecule has 6 nitrogen and oxygen atoms in total. The smallest absolute Gasteiger partial charge is 0.319 e. The number of rotatable bonds is 3. The van der Waals surface area contributed by atoms with Crippen molar-refractivity contribution in [2.24, 2.45) is 0 Å². The Hall–Kier alpha value is -1.69. The zero-order valence-electron chi connectivity index (χ0n) is 9.73. The van der Waals surface area contributed by atoms with E-state index >= 15 is 0 Å². The lowest BCUT2D eigenvalue weighted by Crippen LogP contribution is -2.57. The maximum absolute atomic E-state index is 11.8. The lowest BCUT2D eigenvalue weighted by molar-refractivity contribution is 0.0984. The molecule has 1 aliphatic carbocycles. The molecule has 1 saturated carbocycles. The molecule has 2 amide bonds. The van der Waals surface area contributed by atoms with Gasteiger partial charge in [-0.3, -0.25) is 0 Å². The summed E-state index contributed by atoms with van der Waals surface area (Å²) in [6, 6.07) is 1.38. The van der Waals surface area contributed by atoms with Crippen molar-refractivity contribution in [3.05, 3.63) is 18.0 Å². The summed E-state index contributed by atoms with van der Waals surface area (Å²) in [4.78, 5) is 11.8. The first-order valence-corrected chi connectivity index (χ1v) is 5.63. The van der Waals surface area contributed by atoms with Gasteiger partial charge in [-0.1, -0.05) is 0 Å². The average molecular weight is 236 g/mol. The van der Waals surface area contributed by atoms with Gasteiger partial charge < -0.3 is 15.7 Å². The average Bonchev–Trinajstić information content (AvgIpc) is 2.27. The van der Waals surface area contributed by atoms with Gasteiger partial charge in [0.05, 0.1) is 29.7 Å². The number of aliphatic hydroxyl groups excluding tert-OH is 1. The second kappa shape index (κ2) is 4.67. The van der Waals surface area contributed by atoms with Crippen LogP contribution in [0.15, 0.2) is 12.3 Å². The van der Waals surface area contributed by atoms with Crippen molar-refractivity contribution in [2.75, 3.05) is 11.9 Å². The van der Waals surface area contributed by atoms with Crippen LogP contribution >= 0.6 is 0 Å². The van der Waals surface area contributed by atoms with E-state index in [2.05, 4.69) is 20.8 Å². The Balaban J connectivity index is 1.96. The zero-order valence-corrected chi connectivity index (χ0v) is 9.73. The topological polar surface area (TPSA) is 87.1 Å². The molecule has 0 unspecified atom stereocenters. The van der Waals surface area contributed by atoms with Gasteiger partial charge in [-0.05, 0) is 32.3 Å². The standard InChI is InChI=1S/C11H16N4O2/c1-8-9(3-6-12-15-8)13-10(17)14-11(7-16)4-2-5-11/h3,6,16H,2,4-5,7H2,1H3,(H2,12,13,14,17). The first-order chi connectivity index (χ1) is 8.15. The number of amides is 2. The zero-order chi connectivity index (χ0) is 12.3. The molecule has 0 aromatic carbocycles. The van der Waals surface area contributed by atoms with Crippen molar-refractivity contribution in [1.82, 2.24) is 15.5 Å². The Bertz CT molecular complexity index is 412. The summed E-state index contributed by atoms with van der Waals surface area (Å²) >= 11 is 0. The van der Waals surface area contributed by atoms with Crippen molar-refractivity contribution in [1.29, 1.82) is 0 Å². The molecule has 1 aromatic heterocycles. The third-order valence-corrected chi connectivity index (χ3v) is 3.15. The molecule has 17 heavy (non-hydrogen) atoms. The number of nitrogens with one attached hydrogen (secondary N) is 2. The molecule has 1 aromatic rings. The van der Waals surface area contributed by atoms with Crippen LogP contribution in [0, 0.1) is 6.92 Å². The highest BCUT2D eigenvalue weighted by atomic mass is 16.3. The summed E-state index contributed by atoms with van der Waals surface area (Å²) in [6.07, 6.45) is 4.21. The Labute approximate surface area is 99.4 Å². The van der Waals surface area contributed by atoms with Gasteiger partial charge in [-0.15, -0.1) is 0 Å². The van der Waals surface area contributed by atoms with Crippen LogP contribution < -0.4 is 10.6 Å². The van der Waals surface area contributed by atoms with Gasteiger partial charge in [0.2, 0.25) is 0 Å². The molecule has 0 spiro atoms. The summed E-state index contributed by atoms with van der Waals surface area (Å²) in [5, 5.41) is 22.3. The molecule has 1 fully saturated rings. The van der Waals surface area contributed by atoms with E-state index in [0.717, 1.165) is 19.3 Å². The Kier molecular flexibility index (Phi) is 3.23. The number of urea groups is 1. The van der Waals surface area contributed by atoms with Crippen LogP contribution in [0.5, 0.6) is 0 Å². The number of carbonyl (C=O) groups excluding carboxylic acids is 1. The van der Waals surface area contributed by atoms with Crippen LogP contribution in [0.25, 0.3) is 0 Å². The van der Waals surface area contributed by atoms with E-state index in [0.29, 0.717) is 11.4 Å². The molecule has 6 heteroatoms. The molecular formula is C11H16N4O2. The second-order valence-corrected chi connectivity index (χ2v) is 4.40. The molecule has 2 rings (SSSR count). The number of aromatic nitrogens is 2. The van der Waals surface area contributed by atoms with Crippen LogP contribution in [0.1, 0.15) is 25.0 Å². The third kappa shape index (κ3) is 2.52. The van der Waals surface area contributed by atoms with E-state index in [9.17, 15) is 9.90 Å². The van der Waals surface area contributed by atoms with Gasteiger partial charge >= 0.3 is 6.03 Å². The summed E-state index contributed by atoms with van der Waals surface area (Å²) in [7, 11) is 0. The Morgan fingerprint density at radius 1 is 1.59 bits per heavy atom. The minimum Gasteiger partial charge on any atom is -0.394 e. The fraction of sp³-hybridized carbons (Fsp3) is 0.545. The summed E-state index contributed by atoms with van der Waals surface area (Å²) in [5.41, 5.74) is 0.859. The van der Waals surface area contributed by atoms with Gasteiger partial charge in [-0.2, -0.15) is 10.2 Å². The SMILES string of the molecule is Cc1nnccc1NC(=O)NC1(CO)CCC1. The summed E-state index contributed by atoms with van der Waals surface area (Å²) in [6.45, 7) is 1.75. The molecule has 92 valence electrons. The largest absolute Gasteiger partial charge is 0.394 e. The van der Waals surface area contributed by atoms with E-state index < -0.39 is 5.54 Å². The molecule has 0 aliphatic heterocycles. The molecule has 1 heterocycles. The van der Waals surface area contributed by atoms with Gasteiger partial charge in [0, 0.05) is 0 Å². The highest BCUT2D eigenvalue weighted by Gasteiger charge is 2.37. The Morgan fingerprint density at radius 3 is 2.88 bits per heavy atom. The van der Waals surface area contributed by atoms with Gasteiger partial charge in [-0.25, -0.2) is 4.79 Å². The van der Waals surface area contributed by atoms with Crippen LogP contribution in [-0.4, -0.2) is 33.5 Å². The molecular weight excluding hydrogens is 220 g/mol. The van der Waals surface area contributed by atoms with Gasteiger partial charge in [0.15, 0.2) is 0 Å². The molecule has 0 saturated heterocycles. The molecule has 3 N–H and O–H groups in total. The predicted molar refractivity (Wildman–Crippen MR) is 62.6 cm³/mol. The quantitative estimate of drug-likeness (QED) is 0.725. The lowest BCUT2D eigenvalue weighted by Gasteiger charge is -2.40. The monoisotopic (exact) mass is 236 g/mol. The number of anilines is 1. The predicted octanol–water partition coefficient (Wildman–Crippen LogP) is 0.822. The highest BCUT2D eigenvalue weighted by Crippen LogP contribution is 2.31. The number of aryl methyl sites for hydroxylation is 1. The second-order valence-electron chi connectivity index (χ2n) is 4.40. The maximum Gasteiger partial charge on any atom is 0.319 e. The van der Waals surface area contributed by atoms with Crippen molar-refractivity contribution in [3.63, 3.8) is 0 Å². The molecule has 1 aliphatic rings. The lowest BCUT2D eigenvalue weighted by atomic mass is 9.77. The molecule has 0 bridgehead atoms. The summed E-state index contributed by atoms with van der Waals surface area (Å²) in [5.74, 6) is 0. The van der Waals surface area contributed by atoms with E-state index in [4.69, 9.17) is 0 Å². The number of hydrogen-bond acceptors (Lipinski definition) is 4. The Morgan fingerprint density at radius 2 is 2.35 bits per heavy atom. The number of aliphatic hydroxyl groups is 1. The minimum absolute atomic E-state index is 0.0198. The van der Waals surface area contributed by atoms with Crippen LogP contribution in [0.3, 0.4) is 0 Å². The summed E-state index contributed by atoms with van der Waals surface area (Å²) < 4.78 is 0. The van der Waals surface area contributed by atoms with E-state index in [1.54, 1.807) is 13.0 Å². The van der Waals surface area contributed by atoms with Crippen LogP contribution in [0.4, 0.5) is 10.5 Å². The highest BCUT2D eigenvalue weighted by molar-refractivity contribution is 5.90. The molecule has 0 radical (unpaired) electrons. The first-order valence-electron chi connectivity index (χ1n) is 5.63. The van der Waals surface area contributed by atoms with Crippen molar-refractivity contribution < 1.29 is 9.90 Å². The minimum atomic E-state index is -0.432. The van der Waals surface area contributed by atoms with Gasteiger partial charge in [0.25, 0.3) is 0 Å². The number of nitrogens with zero attached hydrogens (tertiary/aromatic N) is 2. The number of hydrogen-bond donors (Lipinski definition) is 3. The van der Waals surface area contributed by atoms with Gasteiger partial charge in [0.1, 0.15) is 0 Å². The fourth-order valence-corrected chi connectivity index (χ4v) is 1.85. The van der Waals surface area contributed by atoms with Crippen molar-refractivity contribution in [2.45, 2.75) is 31.7 Å². The van der Waals surface area contributed by atoms with Crippen molar-refractivity contribution >= 4 is 11.7 Å². The number of carbonyl (C=O) groups is 1. The van der Waals surface area contributed by atoms with E-state index in [1.165, 1.54) is 6.20 Å². The maximum atomic E-state index is 11.8. The third-order valence-electron chi connectivity index (χ3n) is 3.15. The molecule has 0 atom stereocenters. The van der Waals surface area contributed by atoms with E-state index in [1.807, 2.05) is 0 Å². The fourth-order valence-electron chi connectivity index (χ4n) is 1.85. The first kappa shape index (κ1) is 11.8. The van der Waals surface area contributed by atoms with Crippen LogP contribution in [0.2, 0.25) is 0 Å². The van der Waals surface area contributed by atoms with Crippen LogP contribution in [-0.2, 0) is 0 Å². The normalized spacial score (nSPS) is 17.1. The van der Waals surface area contributed by atoms with Crippen molar-refractivity contribution in [3.8, 4) is 0 Å².